The van der Waals surface area contributed by atoms with Gasteiger partial charge in [-0.1, -0.05) is 36.4 Å². The number of fused-ring (bicyclic) bond motifs is 1. The highest BCUT2D eigenvalue weighted by Gasteiger charge is 2.08. The van der Waals surface area contributed by atoms with E-state index < -0.39 is 0 Å². The monoisotopic (exact) mass is 250 g/mol. The Morgan fingerprint density at radius 1 is 1.00 bits per heavy atom. The molecule has 0 saturated carbocycles. The highest BCUT2D eigenvalue weighted by molar-refractivity contribution is 5.94. The number of rotatable bonds is 3. The van der Waals surface area contributed by atoms with Crippen molar-refractivity contribution < 1.29 is 4.79 Å². The van der Waals surface area contributed by atoms with E-state index in [1.165, 1.54) is 5.39 Å². The molecule has 3 rings (SSSR count). The molecule has 2 N–H and O–H groups in total. The fraction of sp³-hybridized carbons (Fsp3) is 0.0625. The van der Waals surface area contributed by atoms with Gasteiger partial charge in [-0.15, -0.1) is 0 Å². The fourth-order valence-corrected chi connectivity index (χ4v) is 2.36. The first-order chi connectivity index (χ1) is 9.25. The molecule has 2 aromatic carbocycles. The molecule has 0 atom stereocenters. The minimum atomic E-state index is -0.382. The first-order valence-electron chi connectivity index (χ1n) is 6.17. The number of para-hydroxylation sites is 1. The van der Waals surface area contributed by atoms with E-state index >= 15 is 0 Å². The van der Waals surface area contributed by atoms with Gasteiger partial charge in [0.05, 0.1) is 0 Å². The van der Waals surface area contributed by atoms with Gasteiger partial charge in [-0.05, 0) is 29.1 Å². The number of hydrogen-bond donors (Lipinski definition) is 1. The summed E-state index contributed by atoms with van der Waals surface area (Å²) in [5.41, 5.74) is 8.09. The Labute approximate surface area is 111 Å². The number of carbonyl (C=O) groups is 1. The van der Waals surface area contributed by atoms with Gasteiger partial charge in [-0.2, -0.15) is 0 Å². The third-order valence-corrected chi connectivity index (χ3v) is 3.30. The number of benzene rings is 2. The molecule has 1 aromatic heterocycles. The van der Waals surface area contributed by atoms with Crippen LogP contribution in [0.15, 0.2) is 60.8 Å². The smallest absolute Gasteiger partial charge is 0.249 e. The zero-order valence-electron chi connectivity index (χ0n) is 10.4. The first kappa shape index (κ1) is 11.5. The summed E-state index contributed by atoms with van der Waals surface area (Å²) >= 11 is 0. The maximum absolute atomic E-state index is 11.4. The second-order valence-corrected chi connectivity index (χ2v) is 4.52. The zero-order valence-corrected chi connectivity index (χ0v) is 10.4. The van der Waals surface area contributed by atoms with E-state index in [0.29, 0.717) is 12.1 Å². The van der Waals surface area contributed by atoms with Crippen LogP contribution in [-0.4, -0.2) is 10.5 Å². The summed E-state index contributed by atoms with van der Waals surface area (Å²) in [6.07, 6.45) is 2.03. The van der Waals surface area contributed by atoms with Crippen molar-refractivity contribution in [1.82, 2.24) is 4.57 Å². The lowest BCUT2D eigenvalue weighted by Crippen LogP contribution is -2.14. The van der Waals surface area contributed by atoms with Crippen LogP contribution in [0, 0.1) is 0 Å². The van der Waals surface area contributed by atoms with Gasteiger partial charge in [0, 0.05) is 23.8 Å². The summed E-state index contributed by atoms with van der Waals surface area (Å²) in [6.45, 7) is 0.645. The van der Waals surface area contributed by atoms with Crippen molar-refractivity contribution >= 4 is 16.8 Å². The molecule has 0 bridgehead atoms. The first-order valence-corrected chi connectivity index (χ1v) is 6.17. The van der Waals surface area contributed by atoms with Gasteiger partial charge in [0.25, 0.3) is 0 Å². The highest BCUT2D eigenvalue weighted by atomic mass is 16.1. The molecule has 19 heavy (non-hydrogen) atoms. The molecule has 0 unspecified atom stereocenters. The Morgan fingerprint density at radius 2 is 1.74 bits per heavy atom. The van der Waals surface area contributed by atoms with E-state index in [0.717, 1.165) is 11.1 Å². The number of carbonyl (C=O) groups excluding carboxylic acids is 1. The second kappa shape index (κ2) is 4.61. The maximum atomic E-state index is 11.4. The number of hydrogen-bond acceptors (Lipinski definition) is 1. The third kappa shape index (κ3) is 2.10. The van der Waals surface area contributed by atoms with E-state index in [9.17, 15) is 4.79 Å². The molecule has 0 radical (unpaired) electrons. The average Bonchev–Trinajstić information content (AvgIpc) is 2.83. The molecule has 0 aliphatic carbocycles. The number of nitrogens with two attached hydrogens (primary N) is 1. The minimum Gasteiger partial charge on any atom is -0.366 e. The summed E-state index contributed by atoms with van der Waals surface area (Å²) in [4.78, 5) is 11.4. The topological polar surface area (TPSA) is 48.0 Å². The molecular weight excluding hydrogens is 236 g/mol. The van der Waals surface area contributed by atoms with Crippen LogP contribution in [-0.2, 0) is 6.54 Å². The normalized spacial score (nSPS) is 10.7. The third-order valence-electron chi connectivity index (χ3n) is 3.30. The summed E-state index contributed by atoms with van der Waals surface area (Å²) in [6, 6.07) is 17.7. The summed E-state index contributed by atoms with van der Waals surface area (Å²) in [5, 5.41) is 1.19. The molecule has 3 nitrogen and oxygen atoms in total. The molecule has 94 valence electrons. The molecule has 3 aromatic rings. The van der Waals surface area contributed by atoms with Gasteiger partial charge in [-0.3, -0.25) is 4.79 Å². The van der Waals surface area contributed by atoms with E-state index in [1.807, 2.05) is 36.5 Å². The number of nitrogens with zero attached hydrogens (tertiary/aromatic N) is 1. The van der Waals surface area contributed by atoms with Crippen molar-refractivity contribution in [3.05, 3.63) is 71.9 Å². The number of primary amides is 1. The van der Waals surface area contributed by atoms with Crippen LogP contribution in [0.25, 0.3) is 10.9 Å². The number of amides is 1. The van der Waals surface area contributed by atoms with E-state index in [1.54, 1.807) is 6.07 Å². The van der Waals surface area contributed by atoms with Gasteiger partial charge < -0.3 is 10.3 Å². The summed E-state index contributed by atoms with van der Waals surface area (Å²) in [5.74, 6) is -0.382. The van der Waals surface area contributed by atoms with E-state index in [4.69, 9.17) is 5.73 Å². The number of aromatic nitrogens is 1. The molecule has 0 aliphatic heterocycles. The van der Waals surface area contributed by atoms with Crippen LogP contribution in [0.2, 0.25) is 0 Å². The van der Waals surface area contributed by atoms with Crippen molar-refractivity contribution in [2.24, 2.45) is 5.73 Å². The zero-order chi connectivity index (χ0) is 13.2. The van der Waals surface area contributed by atoms with Crippen molar-refractivity contribution in [2.45, 2.75) is 6.54 Å². The Balaban J connectivity index is 2.04. The minimum absolute atomic E-state index is 0.382. The van der Waals surface area contributed by atoms with Gasteiger partial charge in [0.1, 0.15) is 0 Å². The lowest BCUT2D eigenvalue weighted by atomic mass is 10.1. The van der Waals surface area contributed by atoms with Gasteiger partial charge >= 0.3 is 0 Å². The quantitative estimate of drug-likeness (QED) is 0.763. The molecule has 0 spiro atoms. The Hall–Kier alpha value is -2.55. The van der Waals surface area contributed by atoms with Gasteiger partial charge in [0.15, 0.2) is 0 Å². The summed E-state index contributed by atoms with van der Waals surface area (Å²) < 4.78 is 2.12. The van der Waals surface area contributed by atoms with Gasteiger partial charge in [-0.25, -0.2) is 0 Å². The Bertz CT molecular complexity index is 743. The van der Waals surface area contributed by atoms with Crippen LogP contribution in [0.1, 0.15) is 15.9 Å². The molecule has 1 heterocycles. The predicted molar refractivity (Wildman–Crippen MR) is 76.0 cm³/mol. The van der Waals surface area contributed by atoms with Crippen LogP contribution in [0.3, 0.4) is 0 Å². The molecule has 0 saturated heterocycles. The van der Waals surface area contributed by atoms with Gasteiger partial charge in [0.2, 0.25) is 5.91 Å². The van der Waals surface area contributed by atoms with Crippen molar-refractivity contribution in [3.63, 3.8) is 0 Å². The molecule has 0 aliphatic rings. The lowest BCUT2D eigenvalue weighted by Gasteiger charge is -2.09. The standard InChI is InChI=1S/C16H14N2O/c17-16(19)14-7-3-1-6-13(14)11-18-10-9-12-5-2-4-8-15(12)18/h1-10H,11H2,(H2,17,19). The van der Waals surface area contributed by atoms with Crippen molar-refractivity contribution in [2.75, 3.05) is 0 Å². The average molecular weight is 250 g/mol. The van der Waals surface area contributed by atoms with Crippen LogP contribution in [0.4, 0.5) is 0 Å². The SMILES string of the molecule is NC(=O)c1ccccc1Cn1ccc2ccccc21. The molecular formula is C16H14N2O. The van der Waals surface area contributed by atoms with Crippen molar-refractivity contribution in [1.29, 1.82) is 0 Å². The molecule has 1 amide bonds. The van der Waals surface area contributed by atoms with Crippen LogP contribution in [0.5, 0.6) is 0 Å². The maximum Gasteiger partial charge on any atom is 0.249 e. The molecule has 0 fully saturated rings. The predicted octanol–water partition coefficient (Wildman–Crippen LogP) is 2.79. The fourth-order valence-electron chi connectivity index (χ4n) is 2.36. The molecule has 3 heteroatoms. The highest BCUT2D eigenvalue weighted by Crippen LogP contribution is 2.18. The Morgan fingerprint density at radius 3 is 2.58 bits per heavy atom. The second-order valence-electron chi connectivity index (χ2n) is 4.52. The van der Waals surface area contributed by atoms with E-state index in [-0.39, 0.29) is 5.91 Å². The largest absolute Gasteiger partial charge is 0.366 e. The summed E-state index contributed by atoms with van der Waals surface area (Å²) in [7, 11) is 0. The lowest BCUT2D eigenvalue weighted by molar-refractivity contribution is 0.0999. The van der Waals surface area contributed by atoms with Crippen LogP contribution >= 0.6 is 0 Å². The Kier molecular flexibility index (Phi) is 2.80. The van der Waals surface area contributed by atoms with Crippen LogP contribution < -0.4 is 5.73 Å². The van der Waals surface area contributed by atoms with Crippen molar-refractivity contribution in [3.8, 4) is 0 Å². The van der Waals surface area contributed by atoms with E-state index in [2.05, 4.69) is 22.8 Å².